The summed E-state index contributed by atoms with van der Waals surface area (Å²) in [6.07, 6.45) is 2.40. The summed E-state index contributed by atoms with van der Waals surface area (Å²) in [5.74, 6) is 1.65. The maximum absolute atomic E-state index is 12.8. The van der Waals surface area contributed by atoms with E-state index in [0.717, 1.165) is 17.3 Å². The first kappa shape index (κ1) is 25.2. The third-order valence-corrected chi connectivity index (χ3v) is 6.27. The highest BCUT2D eigenvalue weighted by Crippen LogP contribution is 2.29. The van der Waals surface area contributed by atoms with Crippen LogP contribution in [0.2, 0.25) is 5.02 Å². The number of carbonyl (C=O) groups is 2. The number of nitrogens with one attached hydrogen (secondary N) is 1. The molecular weight excluding hydrogens is 512 g/mol. The van der Waals surface area contributed by atoms with Crippen LogP contribution in [0, 0.1) is 0 Å². The molecule has 178 valence electrons. The summed E-state index contributed by atoms with van der Waals surface area (Å²) in [4.78, 5) is 26.9. The van der Waals surface area contributed by atoms with E-state index in [2.05, 4.69) is 21.2 Å². The van der Waals surface area contributed by atoms with Gasteiger partial charge in [-0.05, 0) is 55.7 Å². The van der Waals surface area contributed by atoms with E-state index in [9.17, 15) is 9.59 Å². The molecule has 1 N–H and O–H groups in total. The molecule has 7 nitrogen and oxygen atoms in total. The Morgan fingerprint density at radius 2 is 1.76 bits per heavy atom. The quantitative estimate of drug-likeness (QED) is 0.468. The van der Waals surface area contributed by atoms with E-state index in [-0.39, 0.29) is 17.9 Å². The van der Waals surface area contributed by atoms with Crippen molar-refractivity contribution in [1.29, 1.82) is 0 Å². The minimum atomic E-state index is -0.0514. The average molecular weight is 540 g/mol. The number of hydrogen-bond acceptors (Lipinski definition) is 5. The lowest BCUT2D eigenvalue weighted by molar-refractivity contribution is -0.122. The number of hydrogen-bond donors (Lipinski definition) is 1. The second-order valence-electron chi connectivity index (χ2n) is 7.73. The summed E-state index contributed by atoms with van der Waals surface area (Å²) < 4.78 is 17.1. The zero-order chi connectivity index (χ0) is 23.8. The summed E-state index contributed by atoms with van der Waals surface area (Å²) in [5.41, 5.74) is 0.556. The van der Waals surface area contributed by atoms with Gasteiger partial charge in [-0.2, -0.15) is 0 Å². The van der Waals surface area contributed by atoms with Crippen LogP contribution in [0.1, 0.15) is 36.0 Å². The molecule has 0 spiro atoms. The van der Waals surface area contributed by atoms with E-state index < -0.39 is 0 Å². The van der Waals surface area contributed by atoms with Gasteiger partial charge in [0, 0.05) is 35.6 Å². The molecule has 1 aliphatic rings. The van der Waals surface area contributed by atoms with Gasteiger partial charge in [0.25, 0.3) is 5.91 Å². The van der Waals surface area contributed by atoms with Crippen molar-refractivity contribution >= 4 is 39.3 Å². The summed E-state index contributed by atoms with van der Waals surface area (Å²) in [7, 11) is 3.10. The van der Waals surface area contributed by atoms with Crippen LogP contribution >= 0.6 is 27.5 Å². The number of likely N-dealkylation sites (tertiary alicyclic amines) is 1. The molecule has 1 heterocycles. The molecule has 9 heteroatoms. The number of nitrogens with zero attached hydrogens (tertiary/aromatic N) is 1. The lowest BCUT2D eigenvalue weighted by Crippen LogP contribution is -2.46. The van der Waals surface area contributed by atoms with E-state index in [1.54, 1.807) is 49.5 Å². The van der Waals surface area contributed by atoms with Gasteiger partial charge in [0.05, 0.1) is 25.8 Å². The summed E-state index contributed by atoms with van der Waals surface area (Å²) in [6, 6.07) is 10.6. The van der Waals surface area contributed by atoms with E-state index in [1.807, 2.05) is 6.07 Å². The Kier molecular flexibility index (Phi) is 9.26. The van der Waals surface area contributed by atoms with Gasteiger partial charge >= 0.3 is 0 Å². The lowest BCUT2D eigenvalue weighted by atomic mass is 10.0. The zero-order valence-corrected chi connectivity index (χ0v) is 21.1. The molecule has 1 saturated heterocycles. The van der Waals surface area contributed by atoms with Crippen LogP contribution in [0.5, 0.6) is 17.2 Å². The molecule has 0 unspecified atom stereocenters. The molecule has 0 radical (unpaired) electrons. The number of halogens is 2. The number of amides is 2. The van der Waals surface area contributed by atoms with E-state index >= 15 is 0 Å². The molecule has 0 saturated carbocycles. The predicted molar refractivity (Wildman–Crippen MR) is 130 cm³/mol. The maximum Gasteiger partial charge on any atom is 0.253 e. The lowest BCUT2D eigenvalue weighted by Gasteiger charge is -2.32. The molecular formula is C24H28BrClN2O5. The van der Waals surface area contributed by atoms with Crippen LogP contribution < -0.4 is 19.5 Å². The summed E-state index contributed by atoms with van der Waals surface area (Å²) in [6.45, 7) is 1.58. The van der Waals surface area contributed by atoms with Crippen molar-refractivity contribution in [2.75, 3.05) is 33.9 Å². The van der Waals surface area contributed by atoms with Gasteiger partial charge in [-0.3, -0.25) is 9.59 Å². The van der Waals surface area contributed by atoms with Crippen LogP contribution in [0.4, 0.5) is 0 Å². The fourth-order valence-electron chi connectivity index (χ4n) is 3.69. The van der Waals surface area contributed by atoms with Gasteiger partial charge in [0.15, 0.2) is 11.5 Å². The van der Waals surface area contributed by atoms with Crippen LogP contribution in [0.15, 0.2) is 40.9 Å². The van der Waals surface area contributed by atoms with Crippen molar-refractivity contribution in [3.8, 4) is 17.2 Å². The summed E-state index contributed by atoms with van der Waals surface area (Å²) in [5, 5.41) is 3.60. The average Bonchev–Trinajstić information content (AvgIpc) is 2.82. The minimum absolute atomic E-state index is 0.00910. The molecule has 33 heavy (non-hydrogen) atoms. The second kappa shape index (κ2) is 12.1. The highest BCUT2D eigenvalue weighted by molar-refractivity contribution is 9.10. The number of benzene rings is 2. The fourth-order valence-corrected chi connectivity index (χ4v) is 4.41. The number of ether oxygens (including phenoxy) is 3. The Morgan fingerprint density at radius 3 is 2.42 bits per heavy atom. The van der Waals surface area contributed by atoms with Crippen LogP contribution in [0.3, 0.4) is 0 Å². The molecule has 0 aromatic heterocycles. The van der Waals surface area contributed by atoms with Crippen molar-refractivity contribution in [3.63, 3.8) is 0 Å². The van der Waals surface area contributed by atoms with Crippen molar-refractivity contribution in [2.24, 2.45) is 0 Å². The normalized spacial score (nSPS) is 14.0. The van der Waals surface area contributed by atoms with E-state index in [1.165, 1.54) is 0 Å². The van der Waals surface area contributed by atoms with Crippen molar-refractivity contribution in [1.82, 2.24) is 10.2 Å². The molecule has 1 aliphatic heterocycles. The van der Waals surface area contributed by atoms with Crippen LogP contribution in [0.25, 0.3) is 0 Å². The molecule has 0 atom stereocenters. The van der Waals surface area contributed by atoms with Gasteiger partial charge in [0.1, 0.15) is 5.75 Å². The number of methoxy groups -OCH3 is 2. The smallest absolute Gasteiger partial charge is 0.253 e. The first-order valence-electron chi connectivity index (χ1n) is 10.8. The van der Waals surface area contributed by atoms with Crippen molar-refractivity contribution < 1.29 is 23.8 Å². The highest BCUT2D eigenvalue weighted by atomic mass is 79.9. The van der Waals surface area contributed by atoms with E-state index in [4.69, 9.17) is 25.8 Å². The molecule has 2 aromatic rings. The van der Waals surface area contributed by atoms with Crippen LogP contribution in [-0.4, -0.2) is 56.7 Å². The molecule has 0 bridgehead atoms. The monoisotopic (exact) mass is 538 g/mol. The van der Waals surface area contributed by atoms with Gasteiger partial charge < -0.3 is 24.4 Å². The maximum atomic E-state index is 12.8. The number of rotatable bonds is 9. The Balaban J connectivity index is 1.39. The third kappa shape index (κ3) is 7.01. The van der Waals surface area contributed by atoms with Gasteiger partial charge in [-0.15, -0.1) is 0 Å². The number of carbonyl (C=O) groups excluding carboxylic acids is 2. The van der Waals surface area contributed by atoms with Crippen LogP contribution in [-0.2, 0) is 4.79 Å². The molecule has 1 fully saturated rings. The first-order valence-corrected chi connectivity index (χ1v) is 12.0. The SMILES string of the molecule is COc1ccc(C(=O)N2CCC(NC(=O)CCCOc3ccc(Br)cc3Cl)CC2)cc1OC. The zero-order valence-electron chi connectivity index (χ0n) is 18.7. The fraction of sp³-hybridized carbons (Fsp3) is 0.417. The number of piperidine rings is 1. The minimum Gasteiger partial charge on any atom is -0.493 e. The molecule has 0 aliphatic carbocycles. The van der Waals surface area contributed by atoms with Crippen molar-refractivity contribution in [3.05, 3.63) is 51.5 Å². The Morgan fingerprint density at radius 1 is 1.06 bits per heavy atom. The molecule has 3 rings (SSSR count). The van der Waals surface area contributed by atoms with E-state index in [0.29, 0.717) is 60.4 Å². The molecule has 2 amide bonds. The predicted octanol–water partition coefficient (Wildman–Crippen LogP) is 4.70. The van der Waals surface area contributed by atoms with Gasteiger partial charge in [-0.1, -0.05) is 27.5 Å². The van der Waals surface area contributed by atoms with Gasteiger partial charge in [0.2, 0.25) is 5.91 Å². The largest absolute Gasteiger partial charge is 0.493 e. The second-order valence-corrected chi connectivity index (χ2v) is 9.05. The highest BCUT2D eigenvalue weighted by Gasteiger charge is 2.25. The Labute approximate surface area is 207 Å². The Bertz CT molecular complexity index is 979. The summed E-state index contributed by atoms with van der Waals surface area (Å²) >= 11 is 9.48. The molecule has 2 aromatic carbocycles. The Hall–Kier alpha value is -2.45. The third-order valence-electron chi connectivity index (χ3n) is 5.48. The standard InChI is InChI=1S/C24H28BrClN2O5/c1-31-21-7-5-16(14-22(21)32-2)24(30)28-11-9-18(10-12-28)27-23(29)4-3-13-33-20-8-6-17(25)15-19(20)26/h5-8,14-15,18H,3-4,9-13H2,1-2H3,(H,27,29). The first-order chi connectivity index (χ1) is 15.9. The van der Waals surface area contributed by atoms with Crippen molar-refractivity contribution in [2.45, 2.75) is 31.7 Å². The topological polar surface area (TPSA) is 77.1 Å². The van der Waals surface area contributed by atoms with Gasteiger partial charge in [-0.25, -0.2) is 0 Å².